The molecule has 0 aliphatic carbocycles. The van der Waals surface area contributed by atoms with Gasteiger partial charge in [-0.05, 0) is 30.7 Å². The van der Waals surface area contributed by atoms with Gasteiger partial charge < -0.3 is 4.42 Å². The number of benzene rings is 1. The minimum absolute atomic E-state index is 0.870. The SMILES string of the molecule is C#Cc1ccc2cc(CCC)oc2c1. The predicted octanol–water partition coefficient (Wildman–Crippen LogP) is 3.37. The third-order valence-electron chi connectivity index (χ3n) is 2.23. The van der Waals surface area contributed by atoms with Crippen LogP contribution in [-0.2, 0) is 6.42 Å². The van der Waals surface area contributed by atoms with E-state index in [1.807, 2.05) is 18.2 Å². The summed E-state index contributed by atoms with van der Waals surface area (Å²) in [6.45, 7) is 2.14. The molecule has 14 heavy (non-hydrogen) atoms. The van der Waals surface area contributed by atoms with Gasteiger partial charge in [-0.3, -0.25) is 0 Å². The molecule has 2 rings (SSSR count). The summed E-state index contributed by atoms with van der Waals surface area (Å²) in [6, 6.07) is 7.94. The standard InChI is InChI=1S/C13H12O/c1-3-5-12-9-11-7-6-10(4-2)8-13(11)14-12/h2,6-9H,3,5H2,1H3. The number of hydrogen-bond donors (Lipinski definition) is 0. The Hall–Kier alpha value is -1.68. The first-order chi connectivity index (χ1) is 6.83. The highest BCUT2D eigenvalue weighted by Gasteiger charge is 2.02. The summed E-state index contributed by atoms with van der Waals surface area (Å²) in [5.74, 6) is 3.64. The maximum Gasteiger partial charge on any atom is 0.135 e. The van der Waals surface area contributed by atoms with Crippen LogP contribution in [-0.4, -0.2) is 0 Å². The lowest BCUT2D eigenvalue weighted by Crippen LogP contribution is -1.74. The quantitative estimate of drug-likeness (QED) is 0.652. The number of fused-ring (bicyclic) bond motifs is 1. The van der Waals surface area contributed by atoms with Crippen molar-refractivity contribution in [2.75, 3.05) is 0 Å². The van der Waals surface area contributed by atoms with Crippen molar-refractivity contribution in [2.45, 2.75) is 19.8 Å². The molecule has 2 aromatic rings. The zero-order chi connectivity index (χ0) is 9.97. The Labute approximate surface area is 83.7 Å². The molecule has 70 valence electrons. The average molecular weight is 184 g/mol. The second-order valence-corrected chi connectivity index (χ2v) is 3.36. The van der Waals surface area contributed by atoms with Crippen LogP contribution in [0.15, 0.2) is 28.7 Å². The summed E-state index contributed by atoms with van der Waals surface area (Å²) in [7, 11) is 0. The normalized spacial score (nSPS) is 10.3. The van der Waals surface area contributed by atoms with E-state index < -0.39 is 0 Å². The monoisotopic (exact) mass is 184 g/mol. The van der Waals surface area contributed by atoms with Gasteiger partial charge in [-0.15, -0.1) is 6.42 Å². The van der Waals surface area contributed by atoms with E-state index in [4.69, 9.17) is 10.8 Å². The lowest BCUT2D eigenvalue weighted by molar-refractivity contribution is 0.544. The molecule has 0 amide bonds. The molecule has 0 fully saturated rings. The Morgan fingerprint density at radius 2 is 2.21 bits per heavy atom. The number of aryl methyl sites for hydroxylation is 1. The van der Waals surface area contributed by atoms with E-state index in [1.165, 1.54) is 0 Å². The minimum Gasteiger partial charge on any atom is -0.461 e. The Balaban J connectivity index is 2.50. The van der Waals surface area contributed by atoms with Crippen LogP contribution in [0.4, 0.5) is 0 Å². The minimum atomic E-state index is 0.870. The van der Waals surface area contributed by atoms with E-state index in [9.17, 15) is 0 Å². The molecule has 1 heterocycles. The number of furan rings is 1. The molecule has 1 heteroatoms. The number of terminal acetylenes is 1. The van der Waals surface area contributed by atoms with E-state index in [-0.39, 0.29) is 0 Å². The van der Waals surface area contributed by atoms with Crippen molar-refractivity contribution < 1.29 is 4.42 Å². The van der Waals surface area contributed by atoms with Gasteiger partial charge >= 0.3 is 0 Å². The van der Waals surface area contributed by atoms with E-state index in [0.717, 1.165) is 35.1 Å². The highest BCUT2D eigenvalue weighted by molar-refractivity contribution is 5.79. The van der Waals surface area contributed by atoms with Crippen molar-refractivity contribution >= 4 is 11.0 Å². The largest absolute Gasteiger partial charge is 0.461 e. The molecule has 0 unspecified atom stereocenters. The maximum atomic E-state index is 5.66. The molecule has 0 spiro atoms. The third kappa shape index (κ3) is 1.52. The van der Waals surface area contributed by atoms with E-state index in [0.29, 0.717) is 0 Å². The van der Waals surface area contributed by atoms with Crippen molar-refractivity contribution in [3.8, 4) is 12.3 Å². The third-order valence-corrected chi connectivity index (χ3v) is 2.23. The second kappa shape index (κ2) is 3.59. The molecular formula is C13H12O. The first-order valence-corrected chi connectivity index (χ1v) is 4.82. The molecule has 1 nitrogen and oxygen atoms in total. The fourth-order valence-corrected chi connectivity index (χ4v) is 1.55. The van der Waals surface area contributed by atoms with E-state index in [1.54, 1.807) is 0 Å². The first kappa shape index (κ1) is 8.90. The summed E-state index contributed by atoms with van der Waals surface area (Å²) < 4.78 is 5.66. The van der Waals surface area contributed by atoms with Gasteiger partial charge in [0.1, 0.15) is 11.3 Å². The van der Waals surface area contributed by atoms with Crippen LogP contribution in [0.25, 0.3) is 11.0 Å². The Bertz CT molecular complexity index is 485. The lowest BCUT2D eigenvalue weighted by atomic mass is 10.2. The Morgan fingerprint density at radius 3 is 2.93 bits per heavy atom. The van der Waals surface area contributed by atoms with Gasteiger partial charge in [-0.1, -0.05) is 12.8 Å². The number of hydrogen-bond acceptors (Lipinski definition) is 1. The van der Waals surface area contributed by atoms with Crippen molar-refractivity contribution in [1.82, 2.24) is 0 Å². The van der Waals surface area contributed by atoms with Crippen LogP contribution in [0, 0.1) is 12.3 Å². The Morgan fingerprint density at radius 1 is 1.36 bits per heavy atom. The molecule has 1 aromatic heterocycles. The fourth-order valence-electron chi connectivity index (χ4n) is 1.55. The van der Waals surface area contributed by atoms with E-state index in [2.05, 4.69) is 18.9 Å². The van der Waals surface area contributed by atoms with Crippen LogP contribution in [0.2, 0.25) is 0 Å². The van der Waals surface area contributed by atoms with Crippen LogP contribution >= 0.6 is 0 Å². The molecule has 0 atom stereocenters. The molecule has 0 saturated carbocycles. The van der Waals surface area contributed by atoms with Crippen molar-refractivity contribution in [2.24, 2.45) is 0 Å². The van der Waals surface area contributed by atoms with E-state index >= 15 is 0 Å². The zero-order valence-corrected chi connectivity index (χ0v) is 8.21. The van der Waals surface area contributed by atoms with Crippen molar-refractivity contribution in [1.29, 1.82) is 0 Å². The summed E-state index contributed by atoms with van der Waals surface area (Å²) in [5.41, 5.74) is 1.76. The van der Waals surface area contributed by atoms with Crippen LogP contribution in [0.3, 0.4) is 0 Å². The fraction of sp³-hybridized carbons (Fsp3) is 0.231. The summed E-state index contributed by atoms with van der Waals surface area (Å²) in [6.07, 6.45) is 7.40. The molecule has 0 aliphatic rings. The average Bonchev–Trinajstić information content (AvgIpc) is 2.59. The van der Waals surface area contributed by atoms with Gasteiger partial charge in [0, 0.05) is 17.4 Å². The molecule has 0 bridgehead atoms. The lowest BCUT2D eigenvalue weighted by Gasteiger charge is -1.90. The smallest absolute Gasteiger partial charge is 0.135 e. The second-order valence-electron chi connectivity index (χ2n) is 3.36. The van der Waals surface area contributed by atoms with Crippen molar-refractivity contribution in [3.63, 3.8) is 0 Å². The van der Waals surface area contributed by atoms with Gasteiger partial charge in [0.05, 0.1) is 0 Å². The topological polar surface area (TPSA) is 13.1 Å². The van der Waals surface area contributed by atoms with Crippen LogP contribution < -0.4 is 0 Å². The molecular weight excluding hydrogens is 172 g/mol. The highest BCUT2D eigenvalue weighted by Crippen LogP contribution is 2.21. The maximum absolute atomic E-state index is 5.66. The number of rotatable bonds is 2. The summed E-state index contributed by atoms with van der Waals surface area (Å²) in [5, 5.41) is 1.13. The van der Waals surface area contributed by atoms with Gasteiger partial charge in [0.2, 0.25) is 0 Å². The molecule has 0 radical (unpaired) electrons. The van der Waals surface area contributed by atoms with Crippen LogP contribution in [0.5, 0.6) is 0 Å². The molecule has 0 aliphatic heterocycles. The highest BCUT2D eigenvalue weighted by atomic mass is 16.3. The Kier molecular flexibility index (Phi) is 2.28. The van der Waals surface area contributed by atoms with Gasteiger partial charge in [0.25, 0.3) is 0 Å². The summed E-state index contributed by atoms with van der Waals surface area (Å²) in [4.78, 5) is 0. The van der Waals surface area contributed by atoms with Gasteiger partial charge in [-0.25, -0.2) is 0 Å². The first-order valence-electron chi connectivity index (χ1n) is 4.82. The van der Waals surface area contributed by atoms with Gasteiger partial charge in [-0.2, -0.15) is 0 Å². The molecule has 0 saturated heterocycles. The van der Waals surface area contributed by atoms with Crippen LogP contribution in [0.1, 0.15) is 24.7 Å². The molecule has 1 aromatic carbocycles. The summed E-state index contributed by atoms with van der Waals surface area (Å²) >= 11 is 0. The van der Waals surface area contributed by atoms with Gasteiger partial charge in [0.15, 0.2) is 0 Å². The zero-order valence-electron chi connectivity index (χ0n) is 8.21. The van der Waals surface area contributed by atoms with Crippen molar-refractivity contribution in [3.05, 3.63) is 35.6 Å². The predicted molar refractivity (Wildman–Crippen MR) is 58.1 cm³/mol. The molecule has 0 N–H and O–H groups in total.